The van der Waals surface area contributed by atoms with Crippen molar-refractivity contribution in [2.75, 3.05) is 76.0 Å². The zero-order valence-corrected chi connectivity index (χ0v) is 33.0. The van der Waals surface area contributed by atoms with Crippen molar-refractivity contribution >= 4 is 39.9 Å². The third-order valence-corrected chi connectivity index (χ3v) is 10.5. The highest BCUT2D eigenvalue weighted by Crippen LogP contribution is 2.38. The SMILES string of the molecule is CC(C)(C)CCOCCOCCOCCC(=O)N1CCN(c2ccc(-c3ccc4c(c3)C(=O)N(C(C(=O)Nc3nccs3)c3cc(F)ccc3O)C4)cc2)CC1. The van der Waals surface area contributed by atoms with Gasteiger partial charge in [0.05, 0.1) is 39.5 Å². The fourth-order valence-electron chi connectivity index (χ4n) is 6.68. The molecule has 0 aliphatic carbocycles. The van der Waals surface area contributed by atoms with E-state index in [4.69, 9.17) is 14.2 Å². The van der Waals surface area contributed by atoms with Crippen molar-refractivity contribution < 1.29 is 38.1 Å². The number of nitrogens with one attached hydrogen (secondary N) is 1. The number of piperazine rings is 1. The third kappa shape index (κ3) is 10.7. The molecule has 2 aliphatic heterocycles. The highest BCUT2D eigenvalue weighted by molar-refractivity contribution is 7.13. The molecule has 56 heavy (non-hydrogen) atoms. The number of halogens is 1. The van der Waals surface area contributed by atoms with Crippen LogP contribution < -0.4 is 10.2 Å². The van der Waals surface area contributed by atoms with Crippen molar-refractivity contribution in [3.63, 3.8) is 0 Å². The number of carbonyl (C=O) groups is 3. The molecular weight excluding hydrogens is 738 g/mol. The Kier molecular flexibility index (Phi) is 13.7. The molecule has 1 saturated heterocycles. The molecule has 14 heteroatoms. The number of benzene rings is 3. The number of rotatable bonds is 17. The van der Waals surface area contributed by atoms with Crippen LogP contribution in [0.5, 0.6) is 5.75 Å². The van der Waals surface area contributed by atoms with Crippen LogP contribution in [0.4, 0.5) is 15.2 Å². The van der Waals surface area contributed by atoms with Gasteiger partial charge in [0.1, 0.15) is 17.6 Å². The summed E-state index contributed by atoms with van der Waals surface area (Å²) in [6, 6.07) is 15.7. The summed E-state index contributed by atoms with van der Waals surface area (Å²) in [5.74, 6) is -1.87. The number of amides is 3. The molecule has 6 rings (SSSR count). The van der Waals surface area contributed by atoms with Gasteiger partial charge in [-0.2, -0.15) is 0 Å². The van der Waals surface area contributed by atoms with E-state index in [0.29, 0.717) is 76.3 Å². The third-order valence-electron chi connectivity index (χ3n) is 9.85. The Morgan fingerprint density at radius 2 is 1.57 bits per heavy atom. The van der Waals surface area contributed by atoms with E-state index in [0.717, 1.165) is 47.5 Å². The minimum atomic E-state index is -1.30. The first-order chi connectivity index (χ1) is 27.0. The van der Waals surface area contributed by atoms with E-state index >= 15 is 0 Å². The lowest BCUT2D eigenvalue weighted by atomic mass is 9.93. The lowest BCUT2D eigenvalue weighted by Gasteiger charge is -2.36. The Morgan fingerprint density at radius 1 is 0.893 bits per heavy atom. The lowest BCUT2D eigenvalue weighted by molar-refractivity contribution is -0.132. The van der Waals surface area contributed by atoms with Gasteiger partial charge in [0.2, 0.25) is 5.91 Å². The summed E-state index contributed by atoms with van der Waals surface area (Å²) in [4.78, 5) is 49.9. The molecule has 2 aliphatic rings. The molecule has 0 bridgehead atoms. The zero-order chi connectivity index (χ0) is 39.7. The average molecular weight is 788 g/mol. The van der Waals surface area contributed by atoms with Crippen LogP contribution in [-0.4, -0.2) is 103 Å². The number of phenolic OH excluding ortho intramolecular Hbond substituents is 1. The molecule has 1 fully saturated rings. The minimum absolute atomic E-state index is 0.0174. The molecule has 12 nitrogen and oxygen atoms in total. The monoisotopic (exact) mass is 787 g/mol. The molecular formula is C42H50FN5O7S. The van der Waals surface area contributed by atoms with Crippen molar-refractivity contribution in [1.29, 1.82) is 0 Å². The molecule has 3 amide bonds. The molecule has 0 saturated carbocycles. The number of hydrogen-bond acceptors (Lipinski definition) is 10. The number of fused-ring (bicyclic) bond motifs is 1. The van der Waals surface area contributed by atoms with E-state index in [1.165, 1.54) is 28.5 Å². The van der Waals surface area contributed by atoms with Crippen molar-refractivity contribution in [2.24, 2.45) is 5.41 Å². The number of anilines is 2. The summed E-state index contributed by atoms with van der Waals surface area (Å²) in [6.45, 7) is 12.4. The van der Waals surface area contributed by atoms with Gasteiger partial charge < -0.3 is 34.0 Å². The molecule has 0 spiro atoms. The Bertz CT molecular complexity index is 1950. The standard InChI is InChI=1S/C42H50FN5O7S/c1-42(2,3)13-20-54-22-24-55-23-21-53-19-12-37(50)47-17-15-46(16-18-47)33-9-6-29(7-10-33)30-4-5-31-28-48(40(52)34(31)26-30)38(35-27-32(43)8-11-36(35)49)39(51)45-41-44-14-25-56-41/h4-11,14,25-27,38,49H,12-13,15-24,28H2,1-3H3,(H,44,45,51). The fourth-order valence-corrected chi connectivity index (χ4v) is 7.21. The number of hydrogen-bond donors (Lipinski definition) is 2. The first kappa shape index (κ1) is 40.8. The number of aromatic nitrogens is 1. The molecule has 3 aromatic carbocycles. The van der Waals surface area contributed by atoms with E-state index in [9.17, 15) is 23.9 Å². The molecule has 1 aromatic heterocycles. The van der Waals surface area contributed by atoms with E-state index in [-0.39, 0.29) is 29.2 Å². The van der Waals surface area contributed by atoms with E-state index in [1.54, 1.807) is 11.4 Å². The van der Waals surface area contributed by atoms with Crippen molar-refractivity contribution in [2.45, 2.75) is 46.2 Å². The summed E-state index contributed by atoms with van der Waals surface area (Å²) in [7, 11) is 0. The number of phenols is 1. The van der Waals surface area contributed by atoms with Gasteiger partial charge in [-0.3, -0.25) is 19.7 Å². The van der Waals surface area contributed by atoms with Crippen LogP contribution in [0.25, 0.3) is 11.1 Å². The molecule has 4 aromatic rings. The summed E-state index contributed by atoms with van der Waals surface area (Å²) in [6.07, 6.45) is 2.88. The van der Waals surface area contributed by atoms with Crippen LogP contribution >= 0.6 is 11.3 Å². The Balaban J connectivity index is 0.975. The lowest BCUT2D eigenvalue weighted by Crippen LogP contribution is -2.49. The summed E-state index contributed by atoms with van der Waals surface area (Å²) in [5, 5.41) is 15.4. The first-order valence-electron chi connectivity index (χ1n) is 19.0. The van der Waals surface area contributed by atoms with Crippen LogP contribution in [0.1, 0.15) is 61.1 Å². The van der Waals surface area contributed by atoms with Crippen LogP contribution in [0.3, 0.4) is 0 Å². The normalized spacial score (nSPS) is 14.9. The van der Waals surface area contributed by atoms with Gasteiger partial charge in [0, 0.05) is 67.7 Å². The number of thiazole rings is 1. The maximum absolute atomic E-state index is 14.4. The predicted octanol–water partition coefficient (Wildman–Crippen LogP) is 6.52. The summed E-state index contributed by atoms with van der Waals surface area (Å²) < 4.78 is 31.1. The van der Waals surface area contributed by atoms with Crippen LogP contribution in [0.15, 0.2) is 72.2 Å². The van der Waals surface area contributed by atoms with Gasteiger partial charge >= 0.3 is 0 Å². The number of ether oxygens (including phenoxy) is 3. The largest absolute Gasteiger partial charge is 0.508 e. The fraction of sp³-hybridized carbons (Fsp3) is 0.429. The van der Waals surface area contributed by atoms with E-state index in [1.807, 2.05) is 41.3 Å². The second kappa shape index (κ2) is 18.8. The summed E-state index contributed by atoms with van der Waals surface area (Å²) >= 11 is 1.21. The first-order valence-corrected chi connectivity index (χ1v) is 19.8. The maximum Gasteiger partial charge on any atom is 0.255 e. The smallest absolute Gasteiger partial charge is 0.255 e. The average Bonchev–Trinajstić information content (AvgIpc) is 3.82. The highest BCUT2D eigenvalue weighted by atomic mass is 32.1. The van der Waals surface area contributed by atoms with Crippen LogP contribution in [-0.2, 0) is 30.3 Å². The quantitative estimate of drug-likeness (QED) is 0.115. The summed E-state index contributed by atoms with van der Waals surface area (Å²) in [5.41, 5.74) is 4.17. The maximum atomic E-state index is 14.4. The number of nitrogens with zero attached hydrogens (tertiary/aromatic N) is 4. The molecule has 0 radical (unpaired) electrons. The van der Waals surface area contributed by atoms with Crippen molar-refractivity contribution in [3.05, 3.63) is 94.7 Å². The molecule has 2 N–H and O–H groups in total. The molecule has 1 unspecified atom stereocenters. The van der Waals surface area contributed by atoms with E-state index in [2.05, 4.69) is 36.0 Å². The van der Waals surface area contributed by atoms with Crippen LogP contribution in [0.2, 0.25) is 0 Å². The minimum Gasteiger partial charge on any atom is -0.508 e. The van der Waals surface area contributed by atoms with Gasteiger partial charge in [0.15, 0.2) is 5.13 Å². The topological polar surface area (TPSA) is 134 Å². The Morgan fingerprint density at radius 3 is 2.25 bits per heavy atom. The number of aromatic hydroxyl groups is 1. The second-order valence-corrected chi connectivity index (χ2v) is 15.9. The van der Waals surface area contributed by atoms with Gasteiger partial charge in [0.25, 0.3) is 11.8 Å². The zero-order valence-electron chi connectivity index (χ0n) is 32.2. The highest BCUT2D eigenvalue weighted by Gasteiger charge is 2.39. The predicted molar refractivity (Wildman–Crippen MR) is 213 cm³/mol. The Labute approximate surface area is 331 Å². The second-order valence-electron chi connectivity index (χ2n) is 15.0. The Hall–Kier alpha value is -4.89. The van der Waals surface area contributed by atoms with Crippen molar-refractivity contribution in [3.8, 4) is 16.9 Å². The van der Waals surface area contributed by atoms with Gasteiger partial charge in [-0.15, -0.1) is 11.3 Å². The van der Waals surface area contributed by atoms with Crippen LogP contribution in [0, 0.1) is 11.2 Å². The van der Waals surface area contributed by atoms with E-state index < -0.39 is 23.7 Å². The number of carbonyl (C=O) groups excluding carboxylic acids is 3. The van der Waals surface area contributed by atoms with Crippen molar-refractivity contribution in [1.82, 2.24) is 14.8 Å². The molecule has 3 heterocycles. The molecule has 1 atom stereocenters. The molecule has 298 valence electrons. The van der Waals surface area contributed by atoms with Gasteiger partial charge in [-0.25, -0.2) is 9.37 Å². The van der Waals surface area contributed by atoms with Gasteiger partial charge in [-0.1, -0.05) is 45.0 Å². The van der Waals surface area contributed by atoms with Gasteiger partial charge in [-0.05, 0) is 64.9 Å².